The molecular weight excluding hydrogens is 324 g/mol. The minimum Gasteiger partial charge on any atom is -0.480 e. The quantitative estimate of drug-likeness (QED) is 0.920. The van der Waals surface area contributed by atoms with Crippen LogP contribution in [-0.4, -0.2) is 34.5 Å². The fourth-order valence-corrected chi connectivity index (χ4v) is 2.19. The third kappa shape index (κ3) is 3.09. The van der Waals surface area contributed by atoms with Crippen LogP contribution in [0.5, 0.6) is 0 Å². The maximum absolute atomic E-state index is 13.7. The van der Waals surface area contributed by atoms with Crippen molar-refractivity contribution in [3.8, 4) is 0 Å². The Morgan fingerprint density at radius 1 is 1.32 bits per heavy atom. The van der Waals surface area contributed by atoms with E-state index in [1.807, 2.05) is 0 Å². The molecular formula is C12H10BrF2NO3. The first-order chi connectivity index (χ1) is 8.90. The van der Waals surface area contributed by atoms with E-state index >= 15 is 0 Å². The molecule has 0 atom stereocenters. The lowest BCUT2D eigenvalue weighted by Crippen LogP contribution is -2.38. The Bertz CT molecular complexity index is 523. The molecule has 19 heavy (non-hydrogen) atoms. The van der Waals surface area contributed by atoms with Gasteiger partial charge in [0.25, 0.3) is 5.91 Å². The van der Waals surface area contributed by atoms with Gasteiger partial charge in [-0.3, -0.25) is 9.59 Å². The van der Waals surface area contributed by atoms with E-state index in [9.17, 15) is 18.4 Å². The molecule has 1 aromatic carbocycles. The first-order valence-electron chi connectivity index (χ1n) is 5.57. The molecule has 1 aliphatic carbocycles. The Balaban J connectivity index is 2.34. The van der Waals surface area contributed by atoms with Crippen molar-refractivity contribution in [1.82, 2.24) is 4.90 Å². The molecule has 102 valence electrons. The molecule has 0 radical (unpaired) electrons. The van der Waals surface area contributed by atoms with Crippen molar-refractivity contribution in [2.45, 2.75) is 18.9 Å². The Morgan fingerprint density at radius 2 is 1.84 bits per heavy atom. The van der Waals surface area contributed by atoms with Crippen molar-refractivity contribution in [1.29, 1.82) is 0 Å². The fraction of sp³-hybridized carbons (Fsp3) is 0.333. The number of rotatable bonds is 4. The number of carbonyl (C=O) groups is 2. The maximum Gasteiger partial charge on any atom is 0.323 e. The van der Waals surface area contributed by atoms with Gasteiger partial charge in [-0.1, -0.05) is 15.9 Å². The molecule has 1 amide bonds. The summed E-state index contributed by atoms with van der Waals surface area (Å²) in [5.41, 5.74) is -0.712. The molecule has 0 spiro atoms. The second kappa shape index (κ2) is 5.24. The molecule has 1 N–H and O–H groups in total. The SMILES string of the molecule is O=C(O)CN(C(=O)c1c(F)cc(Br)cc1F)C1CC1. The average Bonchev–Trinajstić information content (AvgIpc) is 3.07. The minimum atomic E-state index is -1.21. The Labute approximate surface area is 116 Å². The van der Waals surface area contributed by atoms with Crippen LogP contribution < -0.4 is 0 Å². The highest BCUT2D eigenvalue weighted by Crippen LogP contribution is 2.29. The van der Waals surface area contributed by atoms with E-state index in [2.05, 4.69) is 15.9 Å². The lowest BCUT2D eigenvalue weighted by molar-refractivity contribution is -0.137. The van der Waals surface area contributed by atoms with Gasteiger partial charge in [-0.05, 0) is 25.0 Å². The van der Waals surface area contributed by atoms with Gasteiger partial charge in [0.2, 0.25) is 0 Å². The monoisotopic (exact) mass is 333 g/mol. The summed E-state index contributed by atoms with van der Waals surface area (Å²) in [7, 11) is 0. The molecule has 0 heterocycles. The zero-order chi connectivity index (χ0) is 14.2. The number of halogens is 3. The molecule has 2 rings (SSSR count). The number of hydrogen-bond donors (Lipinski definition) is 1. The van der Waals surface area contributed by atoms with Gasteiger partial charge < -0.3 is 10.0 Å². The molecule has 1 saturated carbocycles. The molecule has 4 nitrogen and oxygen atoms in total. The Morgan fingerprint density at radius 3 is 2.26 bits per heavy atom. The summed E-state index contributed by atoms with van der Waals surface area (Å²) in [4.78, 5) is 23.8. The van der Waals surface area contributed by atoms with Crippen molar-refractivity contribution in [2.75, 3.05) is 6.54 Å². The van der Waals surface area contributed by atoms with Crippen LogP contribution in [-0.2, 0) is 4.79 Å². The Hall–Kier alpha value is -1.50. The molecule has 1 aliphatic rings. The van der Waals surface area contributed by atoms with Crippen LogP contribution >= 0.6 is 15.9 Å². The van der Waals surface area contributed by atoms with Crippen molar-refractivity contribution in [3.63, 3.8) is 0 Å². The van der Waals surface area contributed by atoms with Crippen LogP contribution in [0.2, 0.25) is 0 Å². The molecule has 0 bridgehead atoms. The number of hydrogen-bond acceptors (Lipinski definition) is 2. The second-order valence-corrected chi connectivity index (χ2v) is 5.22. The summed E-state index contributed by atoms with van der Waals surface area (Å²) < 4.78 is 27.5. The van der Waals surface area contributed by atoms with E-state index in [1.165, 1.54) is 0 Å². The lowest BCUT2D eigenvalue weighted by atomic mass is 10.1. The van der Waals surface area contributed by atoms with Crippen molar-refractivity contribution in [2.24, 2.45) is 0 Å². The van der Waals surface area contributed by atoms with Crippen LogP contribution in [0, 0.1) is 11.6 Å². The van der Waals surface area contributed by atoms with Crippen LogP contribution in [0.1, 0.15) is 23.2 Å². The number of carboxylic acids is 1. The molecule has 1 fully saturated rings. The molecule has 0 saturated heterocycles. The number of aliphatic carboxylic acids is 1. The first-order valence-corrected chi connectivity index (χ1v) is 6.36. The highest BCUT2D eigenvalue weighted by Gasteiger charge is 2.36. The van der Waals surface area contributed by atoms with Crippen LogP contribution in [0.4, 0.5) is 8.78 Å². The minimum absolute atomic E-state index is 0.176. The van der Waals surface area contributed by atoms with Gasteiger partial charge in [0.15, 0.2) is 0 Å². The number of amides is 1. The standard InChI is InChI=1S/C12H10BrF2NO3/c13-6-3-8(14)11(9(15)4-6)12(19)16(5-10(17)18)7-1-2-7/h3-4,7H,1-2,5H2,(H,17,18). The van der Waals surface area contributed by atoms with Crippen LogP contribution in [0.15, 0.2) is 16.6 Å². The van der Waals surface area contributed by atoms with Gasteiger partial charge in [-0.15, -0.1) is 0 Å². The highest BCUT2D eigenvalue weighted by molar-refractivity contribution is 9.10. The molecule has 1 aromatic rings. The average molecular weight is 334 g/mol. The van der Waals surface area contributed by atoms with Gasteiger partial charge >= 0.3 is 5.97 Å². The van der Waals surface area contributed by atoms with E-state index in [-0.39, 0.29) is 10.5 Å². The number of benzene rings is 1. The van der Waals surface area contributed by atoms with Crippen molar-refractivity contribution < 1.29 is 23.5 Å². The third-order valence-corrected chi connectivity index (χ3v) is 3.23. The van der Waals surface area contributed by atoms with Gasteiger partial charge in [0.1, 0.15) is 23.7 Å². The van der Waals surface area contributed by atoms with Gasteiger partial charge in [0, 0.05) is 10.5 Å². The summed E-state index contributed by atoms with van der Waals surface area (Å²) >= 11 is 2.92. The van der Waals surface area contributed by atoms with Crippen molar-refractivity contribution >= 4 is 27.8 Å². The van der Waals surface area contributed by atoms with Gasteiger partial charge in [-0.25, -0.2) is 8.78 Å². The normalized spacial score (nSPS) is 14.3. The highest BCUT2D eigenvalue weighted by atomic mass is 79.9. The predicted molar refractivity (Wildman–Crippen MR) is 65.8 cm³/mol. The smallest absolute Gasteiger partial charge is 0.323 e. The predicted octanol–water partition coefficient (Wildman–Crippen LogP) is 2.42. The van der Waals surface area contributed by atoms with Gasteiger partial charge in [-0.2, -0.15) is 0 Å². The van der Waals surface area contributed by atoms with Crippen LogP contribution in [0.3, 0.4) is 0 Å². The summed E-state index contributed by atoms with van der Waals surface area (Å²) in [5.74, 6) is -4.15. The number of nitrogens with zero attached hydrogens (tertiary/aromatic N) is 1. The van der Waals surface area contributed by atoms with Crippen molar-refractivity contribution in [3.05, 3.63) is 33.8 Å². The summed E-state index contributed by atoms with van der Waals surface area (Å²) in [6, 6.07) is 1.70. The third-order valence-electron chi connectivity index (χ3n) is 2.77. The van der Waals surface area contributed by atoms with E-state index < -0.39 is 35.6 Å². The number of carbonyl (C=O) groups excluding carboxylic acids is 1. The Kier molecular flexibility index (Phi) is 3.84. The molecule has 7 heteroatoms. The first kappa shape index (κ1) is 13.9. The molecule has 0 aromatic heterocycles. The fourth-order valence-electron chi connectivity index (χ4n) is 1.79. The summed E-state index contributed by atoms with van der Waals surface area (Å²) in [5, 5.41) is 8.75. The zero-order valence-corrected chi connectivity index (χ0v) is 11.3. The second-order valence-electron chi connectivity index (χ2n) is 4.30. The van der Waals surface area contributed by atoms with E-state index in [4.69, 9.17) is 5.11 Å². The maximum atomic E-state index is 13.7. The summed E-state index contributed by atoms with van der Waals surface area (Å²) in [6.07, 6.45) is 1.30. The largest absolute Gasteiger partial charge is 0.480 e. The molecule has 0 unspecified atom stereocenters. The topological polar surface area (TPSA) is 57.6 Å². The lowest BCUT2D eigenvalue weighted by Gasteiger charge is -2.20. The van der Waals surface area contributed by atoms with E-state index in [0.717, 1.165) is 17.0 Å². The van der Waals surface area contributed by atoms with E-state index in [1.54, 1.807) is 0 Å². The van der Waals surface area contributed by atoms with E-state index in [0.29, 0.717) is 12.8 Å². The summed E-state index contributed by atoms with van der Waals surface area (Å²) in [6.45, 7) is -0.557. The zero-order valence-electron chi connectivity index (χ0n) is 9.70. The molecule has 0 aliphatic heterocycles. The van der Waals surface area contributed by atoms with Gasteiger partial charge in [0.05, 0.1) is 0 Å². The number of carboxylic acid groups (broad SMARTS) is 1. The van der Waals surface area contributed by atoms with Crippen LogP contribution in [0.25, 0.3) is 0 Å².